The van der Waals surface area contributed by atoms with Crippen molar-refractivity contribution in [1.82, 2.24) is 19.2 Å². The first-order valence-electron chi connectivity index (χ1n) is 12.1. The van der Waals surface area contributed by atoms with Gasteiger partial charge in [0.2, 0.25) is 0 Å². The fourth-order valence-corrected chi connectivity index (χ4v) is 5.08. The Hall–Kier alpha value is -5.26. The highest BCUT2D eigenvalue weighted by molar-refractivity contribution is 7.15. The molecule has 188 valence electrons. The van der Waals surface area contributed by atoms with E-state index in [-0.39, 0.29) is 5.56 Å². The van der Waals surface area contributed by atoms with Crippen molar-refractivity contribution in [2.45, 2.75) is 0 Å². The third kappa shape index (κ3) is 4.63. The Morgan fingerprint density at radius 2 is 1.69 bits per heavy atom. The molecule has 7 nitrogen and oxygen atoms in total. The average molecular weight is 528 g/mol. The lowest BCUT2D eigenvalue weighted by Crippen LogP contribution is -2.16. The monoisotopic (exact) mass is 527 g/mol. The molecule has 0 radical (unpaired) electrons. The molecule has 0 spiro atoms. The zero-order valence-electron chi connectivity index (χ0n) is 20.9. The van der Waals surface area contributed by atoms with Gasteiger partial charge in [-0.2, -0.15) is 10.4 Å². The topological polar surface area (TPSA) is 85.2 Å². The van der Waals surface area contributed by atoms with E-state index < -0.39 is 0 Å². The van der Waals surface area contributed by atoms with Crippen molar-refractivity contribution in [3.8, 4) is 39.9 Å². The predicted octanol–water partition coefficient (Wildman–Crippen LogP) is 6.33. The number of nitriles is 1. The van der Waals surface area contributed by atoms with Gasteiger partial charge in [-0.3, -0.25) is 9.20 Å². The van der Waals surface area contributed by atoms with Crippen molar-refractivity contribution in [1.29, 1.82) is 5.26 Å². The molecule has 0 amide bonds. The number of ether oxygens (including phenoxy) is 1. The molecule has 0 saturated carbocycles. The molecule has 3 aromatic heterocycles. The van der Waals surface area contributed by atoms with Crippen molar-refractivity contribution >= 4 is 28.4 Å². The molecule has 0 saturated heterocycles. The van der Waals surface area contributed by atoms with Crippen LogP contribution in [-0.4, -0.2) is 26.3 Å². The van der Waals surface area contributed by atoms with Gasteiger partial charge < -0.3 is 4.74 Å². The number of thiazole rings is 1. The zero-order valence-corrected chi connectivity index (χ0v) is 21.7. The van der Waals surface area contributed by atoms with Crippen molar-refractivity contribution in [3.05, 3.63) is 124 Å². The molecule has 3 heterocycles. The second-order valence-electron chi connectivity index (χ2n) is 8.70. The molecule has 0 bridgehead atoms. The Kier molecular flexibility index (Phi) is 6.33. The van der Waals surface area contributed by atoms with E-state index in [1.54, 1.807) is 42.0 Å². The second kappa shape index (κ2) is 10.2. The summed E-state index contributed by atoms with van der Waals surface area (Å²) >= 11 is 1.40. The normalized spacial score (nSPS) is 11.2. The molecule has 0 fully saturated rings. The van der Waals surface area contributed by atoms with Crippen molar-refractivity contribution in [3.63, 3.8) is 0 Å². The van der Waals surface area contributed by atoms with Crippen LogP contribution in [0.1, 0.15) is 16.8 Å². The van der Waals surface area contributed by atoms with Crippen LogP contribution in [0.15, 0.2) is 101 Å². The number of fused-ring (bicyclic) bond motifs is 1. The van der Waals surface area contributed by atoms with Gasteiger partial charge in [-0.05, 0) is 66.2 Å². The molecule has 6 aromatic rings. The standard InChI is InChI=1S/C31H21N5O2S/c1-38-26-14-11-23(12-15-26)29-24(20-36(34-29)25-5-3-2-4-6-25)13-16-27-28(22-9-7-21(19-32)8-10-22)30(37)35-17-18-39-31(35)33-27/h2-18,20H,1H3/b16-13+. The van der Waals surface area contributed by atoms with Crippen LogP contribution in [0.4, 0.5) is 0 Å². The van der Waals surface area contributed by atoms with Crippen molar-refractivity contribution in [2.24, 2.45) is 0 Å². The van der Waals surface area contributed by atoms with Crippen LogP contribution in [0, 0.1) is 11.3 Å². The summed E-state index contributed by atoms with van der Waals surface area (Å²) in [6, 6.07) is 26.7. The fraction of sp³-hybridized carbons (Fsp3) is 0.0323. The predicted molar refractivity (Wildman–Crippen MR) is 154 cm³/mol. The molecule has 39 heavy (non-hydrogen) atoms. The Morgan fingerprint density at radius 3 is 2.41 bits per heavy atom. The fourth-order valence-electron chi connectivity index (χ4n) is 4.36. The highest BCUT2D eigenvalue weighted by Gasteiger charge is 2.16. The van der Waals surface area contributed by atoms with Gasteiger partial charge in [0.05, 0.1) is 41.4 Å². The number of aromatic nitrogens is 4. The van der Waals surface area contributed by atoms with Crippen LogP contribution in [0.2, 0.25) is 0 Å². The van der Waals surface area contributed by atoms with E-state index in [1.165, 1.54) is 11.3 Å². The van der Waals surface area contributed by atoms with Crippen LogP contribution in [0.25, 0.3) is 45.2 Å². The van der Waals surface area contributed by atoms with Gasteiger partial charge in [0.15, 0.2) is 4.96 Å². The third-order valence-electron chi connectivity index (χ3n) is 6.34. The molecule has 0 N–H and O–H groups in total. The number of benzene rings is 3. The van der Waals surface area contributed by atoms with Crippen LogP contribution >= 0.6 is 11.3 Å². The maximum absolute atomic E-state index is 13.5. The van der Waals surface area contributed by atoms with Crippen LogP contribution < -0.4 is 10.3 Å². The summed E-state index contributed by atoms with van der Waals surface area (Å²) in [7, 11) is 1.64. The number of rotatable bonds is 6. The number of nitrogens with zero attached hydrogens (tertiary/aromatic N) is 5. The van der Waals surface area contributed by atoms with E-state index in [1.807, 2.05) is 83.0 Å². The third-order valence-corrected chi connectivity index (χ3v) is 7.10. The highest BCUT2D eigenvalue weighted by atomic mass is 32.1. The lowest BCUT2D eigenvalue weighted by atomic mass is 10.0. The van der Waals surface area contributed by atoms with Gasteiger partial charge in [-0.25, -0.2) is 9.67 Å². The summed E-state index contributed by atoms with van der Waals surface area (Å²) < 4.78 is 8.71. The molecule has 3 aromatic carbocycles. The minimum Gasteiger partial charge on any atom is -0.497 e. The van der Waals surface area contributed by atoms with E-state index >= 15 is 0 Å². The molecule has 0 unspecified atom stereocenters. The van der Waals surface area contributed by atoms with Crippen LogP contribution in [0.5, 0.6) is 5.75 Å². The number of hydrogen-bond acceptors (Lipinski definition) is 6. The highest BCUT2D eigenvalue weighted by Crippen LogP contribution is 2.29. The van der Waals surface area contributed by atoms with Gasteiger partial charge in [0.1, 0.15) is 5.75 Å². The zero-order chi connectivity index (χ0) is 26.8. The van der Waals surface area contributed by atoms with E-state index in [0.29, 0.717) is 27.3 Å². The van der Waals surface area contributed by atoms with Gasteiger partial charge >= 0.3 is 0 Å². The lowest BCUT2D eigenvalue weighted by molar-refractivity contribution is 0.415. The van der Waals surface area contributed by atoms with Gasteiger partial charge in [-0.1, -0.05) is 30.3 Å². The maximum Gasteiger partial charge on any atom is 0.266 e. The Labute approximate surface area is 228 Å². The van der Waals surface area contributed by atoms with Crippen molar-refractivity contribution in [2.75, 3.05) is 7.11 Å². The summed E-state index contributed by atoms with van der Waals surface area (Å²) in [5.41, 5.74) is 5.57. The van der Waals surface area contributed by atoms with E-state index in [0.717, 1.165) is 28.3 Å². The maximum atomic E-state index is 13.5. The SMILES string of the molecule is COc1ccc(-c2nn(-c3ccccc3)cc2/C=C/c2nc3sccn3c(=O)c2-c2ccc(C#N)cc2)cc1. The summed E-state index contributed by atoms with van der Waals surface area (Å²) in [4.78, 5) is 18.9. The summed E-state index contributed by atoms with van der Waals surface area (Å²) in [6.45, 7) is 0. The minimum absolute atomic E-state index is 0.166. The van der Waals surface area contributed by atoms with E-state index in [4.69, 9.17) is 14.8 Å². The van der Waals surface area contributed by atoms with E-state index in [2.05, 4.69) is 6.07 Å². The first-order valence-corrected chi connectivity index (χ1v) is 13.0. The number of hydrogen-bond donors (Lipinski definition) is 0. The molecule has 0 aliphatic heterocycles. The van der Waals surface area contributed by atoms with Gasteiger partial charge in [-0.15, -0.1) is 11.3 Å². The van der Waals surface area contributed by atoms with Gasteiger partial charge in [0, 0.05) is 28.9 Å². The smallest absolute Gasteiger partial charge is 0.266 e. The summed E-state index contributed by atoms with van der Waals surface area (Å²) in [5.74, 6) is 0.763. The lowest BCUT2D eigenvalue weighted by Gasteiger charge is -2.07. The summed E-state index contributed by atoms with van der Waals surface area (Å²) in [5, 5.41) is 15.9. The second-order valence-corrected chi connectivity index (χ2v) is 9.57. The Morgan fingerprint density at radius 1 is 0.949 bits per heavy atom. The first-order chi connectivity index (χ1) is 19.1. The Balaban J connectivity index is 1.50. The van der Waals surface area contributed by atoms with Crippen LogP contribution in [0.3, 0.4) is 0 Å². The quantitative estimate of drug-likeness (QED) is 0.253. The minimum atomic E-state index is -0.166. The number of para-hydroxylation sites is 1. The molecular weight excluding hydrogens is 506 g/mol. The average Bonchev–Trinajstić information content (AvgIpc) is 3.64. The van der Waals surface area contributed by atoms with Gasteiger partial charge in [0.25, 0.3) is 5.56 Å². The molecule has 0 aliphatic carbocycles. The summed E-state index contributed by atoms with van der Waals surface area (Å²) in [6.07, 6.45) is 7.48. The molecule has 8 heteroatoms. The van der Waals surface area contributed by atoms with E-state index in [9.17, 15) is 10.1 Å². The molecule has 6 rings (SSSR count). The Bertz CT molecular complexity index is 1910. The van der Waals surface area contributed by atoms with Crippen molar-refractivity contribution < 1.29 is 4.74 Å². The number of methoxy groups -OCH3 is 1. The molecular formula is C31H21N5O2S. The first kappa shape index (κ1) is 24.1. The molecule has 0 aliphatic rings. The van der Waals surface area contributed by atoms with Crippen LogP contribution in [-0.2, 0) is 0 Å². The molecule has 0 atom stereocenters. The largest absolute Gasteiger partial charge is 0.497 e.